The van der Waals surface area contributed by atoms with E-state index in [1.54, 1.807) is 12.1 Å². The number of benzene rings is 7. The molecule has 0 fully saturated rings. The van der Waals surface area contributed by atoms with Crippen molar-refractivity contribution in [3.63, 3.8) is 0 Å². The molecule has 230 valence electrons. The van der Waals surface area contributed by atoms with Crippen LogP contribution >= 0.6 is 0 Å². The molecule has 7 aromatic carbocycles. The molecule has 0 amide bonds. The Bertz CT molecular complexity index is 2580. The number of halogens is 1. The lowest BCUT2D eigenvalue weighted by Crippen LogP contribution is -2.00. The topological polar surface area (TPSA) is 51.6 Å². The van der Waals surface area contributed by atoms with Gasteiger partial charge in [-0.05, 0) is 52.2 Å². The zero-order valence-electron chi connectivity index (χ0n) is 26.3. The molecule has 0 atom stereocenters. The van der Waals surface area contributed by atoms with Crippen LogP contribution in [0.1, 0.15) is 0 Å². The molecule has 0 spiro atoms. The lowest BCUT2D eigenvalue weighted by atomic mass is 9.91. The van der Waals surface area contributed by atoms with E-state index in [0.717, 1.165) is 71.5 Å². The monoisotopic (exact) mass is 630 g/mol. The molecule has 2 heterocycles. The first-order valence-electron chi connectivity index (χ1n) is 16.2. The molecular weight excluding hydrogens is 604 g/mol. The number of hydrogen-bond acceptors (Lipinski definition) is 4. The van der Waals surface area contributed by atoms with Crippen molar-refractivity contribution in [1.29, 1.82) is 0 Å². The number of aromatic nitrogens is 4. The highest BCUT2D eigenvalue weighted by atomic mass is 19.1. The summed E-state index contributed by atoms with van der Waals surface area (Å²) in [6.07, 6.45) is 0. The Morgan fingerprint density at radius 1 is 0.327 bits per heavy atom. The first-order chi connectivity index (χ1) is 24.2. The second-order valence-corrected chi connectivity index (χ2v) is 12.0. The highest BCUT2D eigenvalue weighted by molar-refractivity contribution is 6.24. The number of rotatable bonds is 5. The first kappa shape index (κ1) is 28.6. The molecule has 5 heteroatoms. The van der Waals surface area contributed by atoms with Gasteiger partial charge in [-0.1, -0.05) is 133 Å². The van der Waals surface area contributed by atoms with Crippen molar-refractivity contribution < 1.29 is 4.39 Å². The van der Waals surface area contributed by atoms with Crippen molar-refractivity contribution in [2.24, 2.45) is 0 Å². The maximum Gasteiger partial charge on any atom is 0.164 e. The van der Waals surface area contributed by atoms with Crippen LogP contribution in [0.2, 0.25) is 0 Å². The fourth-order valence-corrected chi connectivity index (χ4v) is 6.62. The fraction of sp³-hybridized carbons (Fsp3) is 0. The Labute approximate surface area is 282 Å². The minimum atomic E-state index is -0.265. The number of pyridine rings is 1. The summed E-state index contributed by atoms with van der Waals surface area (Å²) in [5.74, 6) is 1.63. The smallest absolute Gasteiger partial charge is 0.164 e. The minimum absolute atomic E-state index is 0.265. The molecule has 0 saturated carbocycles. The predicted octanol–water partition coefficient (Wildman–Crippen LogP) is 11.2. The van der Waals surface area contributed by atoms with Gasteiger partial charge in [0.1, 0.15) is 5.82 Å². The summed E-state index contributed by atoms with van der Waals surface area (Å²) in [6, 6.07) is 54.0. The third-order valence-electron chi connectivity index (χ3n) is 8.99. The van der Waals surface area contributed by atoms with Crippen LogP contribution in [-0.2, 0) is 0 Å². The quantitative estimate of drug-likeness (QED) is 0.178. The molecule has 49 heavy (non-hydrogen) atoms. The fourth-order valence-electron chi connectivity index (χ4n) is 6.62. The summed E-state index contributed by atoms with van der Waals surface area (Å²) in [5.41, 5.74) is 7.62. The van der Waals surface area contributed by atoms with Gasteiger partial charge in [0.25, 0.3) is 0 Å². The van der Waals surface area contributed by atoms with E-state index in [4.69, 9.17) is 19.9 Å². The second-order valence-electron chi connectivity index (χ2n) is 12.0. The van der Waals surface area contributed by atoms with E-state index in [0.29, 0.717) is 17.5 Å². The SMILES string of the molecule is Fc1ccc(-c2nc3ccccc3c3c2ccc2c(-c4ccc(-c5nc(-c6ccccc6)nc(-c6ccccc6)n5)cc4)cccc23)cc1. The molecule has 9 rings (SSSR count). The van der Waals surface area contributed by atoms with Crippen LogP contribution in [0.25, 0.3) is 89.0 Å². The molecular formula is C44H27FN4. The van der Waals surface area contributed by atoms with Crippen molar-refractivity contribution in [1.82, 2.24) is 19.9 Å². The maximum absolute atomic E-state index is 13.9. The van der Waals surface area contributed by atoms with Crippen LogP contribution < -0.4 is 0 Å². The van der Waals surface area contributed by atoms with Crippen molar-refractivity contribution in [2.75, 3.05) is 0 Å². The molecule has 0 radical (unpaired) electrons. The third kappa shape index (κ3) is 5.18. The van der Waals surface area contributed by atoms with Crippen molar-refractivity contribution in [2.45, 2.75) is 0 Å². The zero-order chi connectivity index (χ0) is 32.7. The molecule has 0 saturated heterocycles. The summed E-state index contributed by atoms with van der Waals surface area (Å²) >= 11 is 0. The standard InChI is InChI=1S/C44H27FN4/c45-33-24-22-29(23-25-33)41-38-27-26-35-34(15-9-16-36(35)40(38)37-14-7-8-17-39(37)46-41)28-18-20-32(21-19-28)44-48-42(30-10-3-1-4-11-30)47-43(49-44)31-12-5-2-6-13-31/h1-27H. The summed E-state index contributed by atoms with van der Waals surface area (Å²) in [5, 5.41) is 5.52. The molecule has 2 aromatic heterocycles. The Balaban J connectivity index is 1.18. The van der Waals surface area contributed by atoms with Crippen LogP contribution in [0.15, 0.2) is 164 Å². The normalized spacial score (nSPS) is 11.4. The summed E-state index contributed by atoms with van der Waals surface area (Å²) in [4.78, 5) is 19.7. The number of nitrogens with zero attached hydrogens (tertiary/aromatic N) is 4. The van der Waals surface area contributed by atoms with Crippen molar-refractivity contribution >= 4 is 32.4 Å². The van der Waals surface area contributed by atoms with Gasteiger partial charge in [-0.3, -0.25) is 0 Å². The highest BCUT2D eigenvalue weighted by Gasteiger charge is 2.16. The van der Waals surface area contributed by atoms with E-state index in [2.05, 4.69) is 66.7 Å². The van der Waals surface area contributed by atoms with E-state index >= 15 is 0 Å². The Morgan fingerprint density at radius 2 is 0.837 bits per heavy atom. The molecule has 4 nitrogen and oxygen atoms in total. The molecule has 0 aliphatic carbocycles. The van der Waals surface area contributed by atoms with Gasteiger partial charge < -0.3 is 0 Å². The van der Waals surface area contributed by atoms with Crippen molar-refractivity contribution in [3.05, 3.63) is 170 Å². The van der Waals surface area contributed by atoms with Crippen molar-refractivity contribution in [3.8, 4) is 56.5 Å². The Hall–Kier alpha value is -6.59. The zero-order valence-corrected chi connectivity index (χ0v) is 26.3. The third-order valence-corrected chi connectivity index (χ3v) is 8.99. The Kier molecular flexibility index (Phi) is 6.95. The average molecular weight is 631 g/mol. The number of hydrogen-bond donors (Lipinski definition) is 0. The number of fused-ring (bicyclic) bond motifs is 5. The van der Waals surface area contributed by atoms with E-state index < -0.39 is 0 Å². The van der Waals surface area contributed by atoms with E-state index in [9.17, 15) is 4.39 Å². The van der Waals surface area contributed by atoms with Gasteiger partial charge in [0.2, 0.25) is 0 Å². The molecule has 0 unspecified atom stereocenters. The lowest BCUT2D eigenvalue weighted by Gasteiger charge is -2.15. The van der Waals surface area contributed by atoms with Gasteiger partial charge in [-0.25, -0.2) is 24.3 Å². The minimum Gasteiger partial charge on any atom is -0.247 e. The summed E-state index contributed by atoms with van der Waals surface area (Å²) in [6.45, 7) is 0. The predicted molar refractivity (Wildman–Crippen MR) is 197 cm³/mol. The molecule has 0 N–H and O–H groups in total. The van der Waals surface area contributed by atoms with Gasteiger partial charge in [0.15, 0.2) is 17.5 Å². The maximum atomic E-state index is 13.9. The van der Waals surface area contributed by atoms with Crippen LogP contribution in [0.4, 0.5) is 4.39 Å². The van der Waals surface area contributed by atoms with Gasteiger partial charge in [-0.15, -0.1) is 0 Å². The molecule has 0 aliphatic rings. The first-order valence-corrected chi connectivity index (χ1v) is 16.2. The Morgan fingerprint density at radius 3 is 1.49 bits per heavy atom. The van der Waals surface area contributed by atoms with Crippen LogP contribution in [0, 0.1) is 5.82 Å². The van der Waals surface area contributed by atoms with E-state index in [1.807, 2.05) is 72.8 Å². The lowest BCUT2D eigenvalue weighted by molar-refractivity contribution is 0.628. The van der Waals surface area contributed by atoms with Crippen LogP contribution in [-0.4, -0.2) is 19.9 Å². The largest absolute Gasteiger partial charge is 0.247 e. The van der Waals surface area contributed by atoms with Gasteiger partial charge in [0.05, 0.1) is 11.2 Å². The number of para-hydroxylation sites is 1. The molecule has 0 bridgehead atoms. The van der Waals surface area contributed by atoms with Gasteiger partial charge >= 0.3 is 0 Å². The van der Waals surface area contributed by atoms with Gasteiger partial charge in [0, 0.05) is 38.4 Å². The highest BCUT2D eigenvalue weighted by Crippen LogP contribution is 2.40. The second kappa shape index (κ2) is 11.9. The van der Waals surface area contributed by atoms with E-state index in [1.165, 1.54) is 12.1 Å². The molecule has 0 aliphatic heterocycles. The molecule has 9 aromatic rings. The van der Waals surface area contributed by atoms with Crippen LogP contribution in [0.5, 0.6) is 0 Å². The average Bonchev–Trinajstić information content (AvgIpc) is 3.18. The van der Waals surface area contributed by atoms with Crippen LogP contribution in [0.3, 0.4) is 0 Å². The van der Waals surface area contributed by atoms with Gasteiger partial charge in [-0.2, -0.15) is 0 Å². The van der Waals surface area contributed by atoms with E-state index in [-0.39, 0.29) is 5.82 Å². The summed E-state index contributed by atoms with van der Waals surface area (Å²) < 4.78 is 13.9. The summed E-state index contributed by atoms with van der Waals surface area (Å²) in [7, 11) is 0.